The van der Waals surface area contributed by atoms with E-state index in [0.717, 1.165) is 33.8 Å². The Morgan fingerprint density at radius 2 is 2.00 bits per heavy atom. The number of nitrogens with zero attached hydrogens (tertiary/aromatic N) is 3. The predicted octanol–water partition coefficient (Wildman–Crippen LogP) is 4.46. The van der Waals surface area contributed by atoms with Gasteiger partial charge in [-0.05, 0) is 22.9 Å². The smallest absolute Gasteiger partial charge is 0.181 e. The minimum absolute atomic E-state index is 0.634. The third-order valence-electron chi connectivity index (χ3n) is 2.90. The summed E-state index contributed by atoms with van der Waals surface area (Å²) in [7, 11) is 0. The maximum atomic E-state index is 4.67. The van der Waals surface area contributed by atoms with Crippen LogP contribution in [0.1, 0.15) is 6.92 Å². The molecule has 0 fully saturated rings. The zero-order valence-corrected chi connectivity index (χ0v) is 13.8. The van der Waals surface area contributed by atoms with Gasteiger partial charge in [-0.3, -0.25) is 0 Å². The lowest BCUT2D eigenvalue weighted by Crippen LogP contribution is -2.04. The first-order chi connectivity index (χ1) is 10.3. The summed E-state index contributed by atoms with van der Waals surface area (Å²) in [4.78, 5) is 13.5. The molecule has 2 aromatic heterocycles. The summed E-state index contributed by atoms with van der Waals surface area (Å²) < 4.78 is 0.870. The number of thiazole rings is 1. The molecule has 0 saturated heterocycles. The average molecular weight is 361 g/mol. The van der Waals surface area contributed by atoms with Crippen molar-refractivity contribution in [1.29, 1.82) is 0 Å². The molecule has 6 heteroatoms. The number of hydrogen-bond acceptors (Lipinski definition) is 5. The highest BCUT2D eigenvalue weighted by Gasteiger charge is 2.15. The first-order valence-corrected chi connectivity index (χ1v) is 8.28. The molecule has 0 amide bonds. The van der Waals surface area contributed by atoms with Gasteiger partial charge in [-0.2, -0.15) is 0 Å². The average Bonchev–Trinajstić information content (AvgIpc) is 3.05. The summed E-state index contributed by atoms with van der Waals surface area (Å²) in [6.07, 6.45) is 0. The van der Waals surface area contributed by atoms with Gasteiger partial charge >= 0.3 is 0 Å². The molecule has 3 rings (SSSR count). The van der Waals surface area contributed by atoms with Gasteiger partial charge < -0.3 is 5.32 Å². The molecule has 0 spiro atoms. The topological polar surface area (TPSA) is 50.7 Å². The second kappa shape index (κ2) is 6.32. The highest BCUT2D eigenvalue weighted by Crippen LogP contribution is 2.33. The fraction of sp³-hybridized carbons (Fsp3) is 0.133. The molecule has 0 aliphatic rings. The zero-order valence-electron chi connectivity index (χ0n) is 11.4. The zero-order chi connectivity index (χ0) is 14.7. The van der Waals surface area contributed by atoms with Crippen molar-refractivity contribution in [3.63, 3.8) is 0 Å². The van der Waals surface area contributed by atoms with E-state index in [4.69, 9.17) is 0 Å². The van der Waals surface area contributed by atoms with Gasteiger partial charge in [0, 0.05) is 17.5 Å². The van der Waals surface area contributed by atoms with E-state index < -0.39 is 0 Å². The Morgan fingerprint density at radius 1 is 1.19 bits per heavy atom. The maximum absolute atomic E-state index is 4.67. The summed E-state index contributed by atoms with van der Waals surface area (Å²) in [6.45, 7) is 2.83. The number of nitrogens with one attached hydrogen (secondary N) is 1. The Hall–Kier alpha value is -1.79. The van der Waals surface area contributed by atoms with Crippen LogP contribution >= 0.6 is 27.3 Å². The van der Waals surface area contributed by atoms with E-state index in [2.05, 4.69) is 36.2 Å². The molecule has 1 aromatic carbocycles. The van der Waals surface area contributed by atoms with Gasteiger partial charge in [0.2, 0.25) is 0 Å². The highest BCUT2D eigenvalue weighted by molar-refractivity contribution is 9.10. The van der Waals surface area contributed by atoms with E-state index >= 15 is 0 Å². The largest absolute Gasteiger partial charge is 0.369 e. The molecule has 4 nitrogen and oxygen atoms in total. The molecule has 0 radical (unpaired) electrons. The lowest BCUT2D eigenvalue weighted by atomic mass is 10.1. The molecule has 0 unspecified atom stereocenters. The number of rotatable bonds is 4. The second-order valence-corrected chi connectivity index (χ2v) is 5.84. The number of benzene rings is 1. The fourth-order valence-electron chi connectivity index (χ4n) is 1.96. The van der Waals surface area contributed by atoms with Gasteiger partial charge in [0.15, 0.2) is 5.82 Å². The van der Waals surface area contributed by atoms with Crippen molar-refractivity contribution in [2.75, 3.05) is 11.9 Å². The van der Waals surface area contributed by atoms with Crippen LogP contribution in [0.15, 0.2) is 45.7 Å². The van der Waals surface area contributed by atoms with Crippen LogP contribution in [0.25, 0.3) is 22.8 Å². The van der Waals surface area contributed by atoms with Crippen LogP contribution in [-0.4, -0.2) is 21.5 Å². The third-order valence-corrected chi connectivity index (χ3v) is 4.24. The van der Waals surface area contributed by atoms with Crippen molar-refractivity contribution in [2.45, 2.75) is 6.92 Å². The van der Waals surface area contributed by atoms with Crippen molar-refractivity contribution in [1.82, 2.24) is 15.0 Å². The van der Waals surface area contributed by atoms with Crippen LogP contribution in [-0.2, 0) is 0 Å². The number of halogens is 1. The number of hydrogen-bond donors (Lipinski definition) is 1. The van der Waals surface area contributed by atoms with E-state index in [0.29, 0.717) is 5.82 Å². The van der Waals surface area contributed by atoms with E-state index in [1.54, 1.807) is 5.51 Å². The van der Waals surface area contributed by atoms with Gasteiger partial charge in [0.05, 0.1) is 15.7 Å². The van der Waals surface area contributed by atoms with Crippen molar-refractivity contribution in [2.24, 2.45) is 0 Å². The fourth-order valence-corrected chi connectivity index (χ4v) is 3.03. The van der Waals surface area contributed by atoms with Crippen LogP contribution in [0.5, 0.6) is 0 Å². The van der Waals surface area contributed by atoms with Crippen LogP contribution in [0.2, 0.25) is 0 Å². The Balaban J connectivity index is 2.18. The molecular formula is C15H13BrN4S. The third kappa shape index (κ3) is 2.96. The van der Waals surface area contributed by atoms with Crippen LogP contribution in [0.3, 0.4) is 0 Å². The summed E-state index contributed by atoms with van der Waals surface area (Å²) in [6, 6.07) is 10.1. The molecule has 2 heterocycles. The molecule has 0 saturated carbocycles. The van der Waals surface area contributed by atoms with Crippen molar-refractivity contribution in [3.8, 4) is 22.8 Å². The molecule has 0 aliphatic heterocycles. The standard InChI is InChI=1S/C15H13BrN4S/c1-2-17-15-12(16)13(10-6-4-3-5-7-10)19-14(20-15)11-8-21-9-18-11/h3-9H,2H2,1H3,(H,17,19,20). The molecule has 106 valence electrons. The van der Waals surface area contributed by atoms with Crippen LogP contribution < -0.4 is 5.32 Å². The highest BCUT2D eigenvalue weighted by atomic mass is 79.9. The Bertz CT molecular complexity index is 729. The Kier molecular flexibility index (Phi) is 4.26. The minimum Gasteiger partial charge on any atom is -0.369 e. The molecular weight excluding hydrogens is 348 g/mol. The summed E-state index contributed by atoms with van der Waals surface area (Å²) in [5.74, 6) is 1.42. The quantitative estimate of drug-likeness (QED) is 0.745. The van der Waals surface area contributed by atoms with Crippen molar-refractivity contribution >= 4 is 33.1 Å². The molecule has 0 bridgehead atoms. The first-order valence-electron chi connectivity index (χ1n) is 6.55. The number of aromatic nitrogens is 3. The van der Waals surface area contributed by atoms with Gasteiger partial charge in [-0.15, -0.1) is 11.3 Å². The minimum atomic E-state index is 0.634. The van der Waals surface area contributed by atoms with E-state index in [9.17, 15) is 0 Å². The Labute approximate surface area is 135 Å². The molecule has 3 aromatic rings. The van der Waals surface area contributed by atoms with Crippen molar-refractivity contribution in [3.05, 3.63) is 45.7 Å². The lowest BCUT2D eigenvalue weighted by molar-refractivity contribution is 1.10. The van der Waals surface area contributed by atoms with Gasteiger partial charge in [-0.25, -0.2) is 15.0 Å². The molecule has 21 heavy (non-hydrogen) atoms. The Morgan fingerprint density at radius 3 is 2.67 bits per heavy atom. The van der Waals surface area contributed by atoms with E-state index in [1.165, 1.54) is 11.3 Å². The number of anilines is 1. The SMILES string of the molecule is CCNc1nc(-c2cscn2)nc(-c2ccccc2)c1Br. The van der Waals surface area contributed by atoms with E-state index in [1.807, 2.05) is 42.6 Å². The van der Waals surface area contributed by atoms with E-state index in [-0.39, 0.29) is 0 Å². The first kappa shape index (κ1) is 14.2. The molecule has 1 N–H and O–H groups in total. The lowest BCUT2D eigenvalue weighted by Gasteiger charge is -2.11. The summed E-state index contributed by atoms with van der Waals surface area (Å²) in [5.41, 5.74) is 4.49. The summed E-state index contributed by atoms with van der Waals surface area (Å²) in [5, 5.41) is 5.22. The van der Waals surface area contributed by atoms with Crippen LogP contribution in [0, 0.1) is 0 Å². The van der Waals surface area contributed by atoms with Crippen molar-refractivity contribution < 1.29 is 0 Å². The molecule has 0 aliphatic carbocycles. The summed E-state index contributed by atoms with van der Waals surface area (Å²) >= 11 is 5.15. The predicted molar refractivity (Wildman–Crippen MR) is 90.4 cm³/mol. The normalized spacial score (nSPS) is 10.6. The maximum Gasteiger partial charge on any atom is 0.181 e. The molecule has 0 atom stereocenters. The second-order valence-electron chi connectivity index (χ2n) is 4.33. The van der Waals surface area contributed by atoms with Gasteiger partial charge in [0.25, 0.3) is 0 Å². The monoisotopic (exact) mass is 360 g/mol. The van der Waals surface area contributed by atoms with Gasteiger partial charge in [0.1, 0.15) is 11.5 Å². The van der Waals surface area contributed by atoms with Gasteiger partial charge in [-0.1, -0.05) is 30.3 Å². The van der Waals surface area contributed by atoms with Crippen LogP contribution in [0.4, 0.5) is 5.82 Å².